The fourth-order valence-corrected chi connectivity index (χ4v) is 12.4. The zero-order valence-electron chi connectivity index (χ0n) is 48.5. The van der Waals surface area contributed by atoms with Crippen LogP contribution in [-0.2, 0) is 19.5 Å². The SMILES string of the molecule is C1=Cc2c(c3c(c4[nH]c(-c5ccc(OCCCOc6ccc(/C7=C8\C=CC(N8)/C(c8ccccc8)=c8/cc/c([nH]8)=C(\c8ccccc8)C8C=C/C(=C(\c9ccccc9)c9ccc7[nH]9)N8)cc6)cc5)nc24)C=CCN3)NC1.[Ru+2].c1ccc(-c2ccccn2)nc1. The van der Waals surface area contributed by atoms with E-state index in [2.05, 4.69) is 246 Å². The Morgan fingerprint density at radius 3 is 1.42 bits per heavy atom. The van der Waals surface area contributed by atoms with Crippen molar-refractivity contribution >= 4 is 56.9 Å². The molecule has 16 rings (SSSR count). The molecular formula is C76H62N10O2Ru+2. The summed E-state index contributed by atoms with van der Waals surface area (Å²) in [5, 5.41) is 17.2. The number of aromatic nitrogens is 6. The Kier molecular flexibility index (Phi) is 15.9. The van der Waals surface area contributed by atoms with Crippen LogP contribution in [0.5, 0.6) is 11.5 Å². The third kappa shape index (κ3) is 11.5. The first-order chi connectivity index (χ1) is 43.6. The zero-order chi connectivity index (χ0) is 58.6. The molecule has 10 heterocycles. The van der Waals surface area contributed by atoms with Crippen LogP contribution < -0.4 is 41.4 Å². The normalized spacial score (nSPS) is 18.7. The first-order valence-electron chi connectivity index (χ1n) is 30.0. The third-order valence-corrected chi connectivity index (χ3v) is 16.5. The molecule has 0 radical (unpaired) electrons. The van der Waals surface area contributed by atoms with E-state index in [-0.39, 0.29) is 31.6 Å². The quantitative estimate of drug-likeness (QED) is 0.0468. The van der Waals surface area contributed by atoms with E-state index in [1.807, 2.05) is 48.5 Å². The van der Waals surface area contributed by atoms with Crippen molar-refractivity contribution in [2.24, 2.45) is 0 Å². The summed E-state index contributed by atoms with van der Waals surface area (Å²) < 4.78 is 12.5. The number of benzene rings is 6. The molecule has 6 aromatic carbocycles. The van der Waals surface area contributed by atoms with Gasteiger partial charge in [0, 0.05) is 104 Å². The Morgan fingerprint density at radius 2 is 0.899 bits per heavy atom. The number of pyridine rings is 2. The number of imidazole rings is 1. The number of nitrogens with zero attached hydrogens (tertiary/aromatic N) is 3. The maximum absolute atomic E-state index is 6.33. The van der Waals surface area contributed by atoms with E-state index < -0.39 is 0 Å². The van der Waals surface area contributed by atoms with Crippen LogP contribution in [0.25, 0.3) is 68.3 Å². The van der Waals surface area contributed by atoms with Gasteiger partial charge >= 0.3 is 19.5 Å². The van der Waals surface area contributed by atoms with Crippen LogP contribution >= 0.6 is 0 Å². The number of aromatic amines is 3. The summed E-state index contributed by atoms with van der Waals surface area (Å²) in [6.07, 6.45) is 21.9. The molecule has 8 bridgehead atoms. The summed E-state index contributed by atoms with van der Waals surface area (Å²) >= 11 is 0. The predicted octanol–water partition coefficient (Wildman–Crippen LogP) is 13.4. The van der Waals surface area contributed by atoms with E-state index in [4.69, 9.17) is 14.5 Å². The number of allylic oxidation sites excluding steroid dienone is 2. The van der Waals surface area contributed by atoms with Crippen molar-refractivity contribution < 1.29 is 29.0 Å². The van der Waals surface area contributed by atoms with E-state index in [9.17, 15) is 0 Å². The number of fused-ring (bicyclic) bond motifs is 14. The van der Waals surface area contributed by atoms with Gasteiger partial charge in [-0.25, -0.2) is 4.98 Å². The summed E-state index contributed by atoms with van der Waals surface area (Å²) in [4.78, 5) is 24.9. The van der Waals surface area contributed by atoms with Crippen LogP contribution in [0.15, 0.2) is 260 Å². The van der Waals surface area contributed by atoms with Gasteiger partial charge in [-0.3, -0.25) is 9.97 Å². The van der Waals surface area contributed by atoms with E-state index >= 15 is 0 Å². The number of rotatable bonds is 12. The Balaban J connectivity index is 0.000000477. The van der Waals surface area contributed by atoms with Crippen LogP contribution in [0.2, 0.25) is 0 Å². The molecule has 11 aromatic rings. The summed E-state index contributed by atoms with van der Waals surface area (Å²) in [7, 11) is 0. The maximum atomic E-state index is 6.33. The second-order valence-electron chi connectivity index (χ2n) is 22.0. The molecule has 0 aliphatic carbocycles. The maximum Gasteiger partial charge on any atom is 2.00 e. The van der Waals surface area contributed by atoms with Gasteiger partial charge in [0.25, 0.3) is 0 Å². The number of H-pyrrole nitrogens is 3. The smallest absolute Gasteiger partial charge is 0.493 e. The number of ether oxygens (including phenoxy) is 2. The fraction of sp³-hybridized carbons (Fsp3) is 0.0921. The van der Waals surface area contributed by atoms with Crippen LogP contribution in [0.4, 0.5) is 11.4 Å². The molecule has 5 aliphatic rings. The molecule has 13 heteroatoms. The van der Waals surface area contributed by atoms with Gasteiger partial charge in [-0.15, -0.1) is 0 Å². The minimum absolute atomic E-state index is 0. The van der Waals surface area contributed by atoms with Crippen LogP contribution in [0.1, 0.15) is 51.2 Å². The second-order valence-corrected chi connectivity index (χ2v) is 22.0. The van der Waals surface area contributed by atoms with Gasteiger partial charge in [0.05, 0.1) is 59.1 Å². The summed E-state index contributed by atoms with van der Waals surface area (Å²) in [5.74, 6) is 2.44. The van der Waals surface area contributed by atoms with E-state index in [1.165, 1.54) is 11.1 Å². The van der Waals surface area contributed by atoms with Gasteiger partial charge < -0.3 is 45.7 Å². The Labute approximate surface area is 528 Å². The van der Waals surface area contributed by atoms with Crippen molar-refractivity contribution in [2.45, 2.75) is 18.5 Å². The van der Waals surface area contributed by atoms with Crippen LogP contribution in [-0.4, -0.2) is 68.3 Å². The molecule has 0 saturated carbocycles. The molecule has 5 aliphatic heterocycles. The largest absolute Gasteiger partial charge is 2.00 e. The van der Waals surface area contributed by atoms with Crippen molar-refractivity contribution in [3.63, 3.8) is 0 Å². The van der Waals surface area contributed by atoms with E-state index in [0.717, 1.165) is 154 Å². The number of anilines is 2. The first kappa shape index (κ1) is 56.1. The number of hydrogen-bond donors (Lipinski definition) is 7. The van der Waals surface area contributed by atoms with Crippen LogP contribution in [0, 0.1) is 0 Å². The molecule has 5 aromatic heterocycles. The van der Waals surface area contributed by atoms with Gasteiger partial charge in [-0.2, -0.15) is 0 Å². The molecular weight excluding hydrogens is 1190 g/mol. The Hall–Kier alpha value is -10.7. The Morgan fingerprint density at radius 1 is 0.427 bits per heavy atom. The van der Waals surface area contributed by atoms with Gasteiger partial charge in [0.1, 0.15) is 17.3 Å². The number of nitrogens with one attached hydrogen (secondary N) is 7. The predicted molar refractivity (Wildman–Crippen MR) is 355 cm³/mol. The van der Waals surface area contributed by atoms with Gasteiger partial charge in [-0.05, 0) is 119 Å². The summed E-state index contributed by atoms with van der Waals surface area (Å²) in [6.45, 7) is 2.65. The fourth-order valence-electron chi connectivity index (χ4n) is 12.4. The molecule has 12 nitrogen and oxygen atoms in total. The first-order valence-corrected chi connectivity index (χ1v) is 30.0. The summed E-state index contributed by atoms with van der Waals surface area (Å²) in [6, 6.07) is 68.9. The minimum atomic E-state index is -0.112. The Bertz CT molecular complexity index is 4590. The standard InChI is InChI=1S/C66H54N8O2.C10H8N2.Ru/c1-4-13-41(14-5-1)58-50-29-31-52(69-50)59(42-15-6-2-7-16-42)54-33-35-56(71-54)61(57-36-34-55(72-57)60(43-17-8-3-9-18-43)53-32-30-51(58)70-53)44-21-25-46(26-22-44)75-39-12-40-76-47-27-23-45(24-28-47)66-73-64-48-19-10-37-67-62(48)63-49(65(64)74-66)20-11-38-68-63;1-3-7-11-9(5-1)10-6-2-4-8-12-10;/h1-11,13-36,50,55,67-72H,12,37-40H2,(H,73,74);1-8H;/q;;+2/b58-51-,59-52-,60-53-,61-57-;;. The molecule has 7 N–H and O–H groups in total. The van der Waals surface area contributed by atoms with Crippen molar-refractivity contribution in [2.75, 3.05) is 36.9 Å². The molecule has 89 heavy (non-hydrogen) atoms. The second kappa shape index (κ2) is 25.3. The van der Waals surface area contributed by atoms with Crippen molar-refractivity contribution in [3.8, 4) is 34.3 Å². The van der Waals surface area contributed by atoms with Crippen molar-refractivity contribution in [1.29, 1.82) is 0 Å². The molecule has 0 spiro atoms. The van der Waals surface area contributed by atoms with E-state index in [1.54, 1.807) is 12.4 Å². The summed E-state index contributed by atoms with van der Waals surface area (Å²) in [5.41, 5.74) is 22.4. The van der Waals surface area contributed by atoms with E-state index in [0.29, 0.717) is 13.2 Å². The average molecular weight is 1250 g/mol. The molecule has 0 fully saturated rings. The van der Waals surface area contributed by atoms with Crippen molar-refractivity contribution in [1.82, 2.24) is 40.5 Å². The molecule has 0 saturated heterocycles. The van der Waals surface area contributed by atoms with Gasteiger partial charge in [-0.1, -0.05) is 152 Å². The van der Waals surface area contributed by atoms with Crippen molar-refractivity contribution in [3.05, 3.63) is 316 Å². The van der Waals surface area contributed by atoms with Crippen LogP contribution in [0.3, 0.4) is 0 Å². The monoisotopic (exact) mass is 1250 g/mol. The average Bonchev–Trinajstić information content (AvgIpc) is 2.06. The molecule has 2 unspecified atom stereocenters. The molecule has 0 amide bonds. The third-order valence-electron chi connectivity index (χ3n) is 16.5. The molecule has 2 atom stereocenters. The minimum Gasteiger partial charge on any atom is -0.493 e. The van der Waals surface area contributed by atoms with Gasteiger partial charge in [0.2, 0.25) is 0 Å². The number of hydrogen-bond acceptors (Lipinski definition) is 9. The molecule has 434 valence electrons. The van der Waals surface area contributed by atoms with Gasteiger partial charge in [0.15, 0.2) is 0 Å². The zero-order valence-corrected chi connectivity index (χ0v) is 50.3. The topological polar surface area (TPSA) is 153 Å².